The minimum Gasteiger partial charge on any atom is -0.469 e. The van der Waals surface area contributed by atoms with Crippen molar-refractivity contribution in [2.24, 2.45) is 0 Å². The van der Waals surface area contributed by atoms with Crippen LogP contribution < -0.4 is 10.6 Å². The van der Waals surface area contributed by atoms with Crippen molar-refractivity contribution in [1.29, 1.82) is 0 Å². The average Bonchev–Trinajstić information content (AvgIpc) is 2.51. The smallest absolute Gasteiger partial charge is 0.324 e. The molecule has 6 nitrogen and oxygen atoms in total. The lowest BCUT2D eigenvalue weighted by Gasteiger charge is -2.12. The number of urea groups is 1. The molecule has 22 heavy (non-hydrogen) atoms. The number of hydrogen-bond donors (Lipinski definition) is 2. The Balaban J connectivity index is 2.09. The van der Waals surface area contributed by atoms with Gasteiger partial charge in [0.25, 0.3) is 0 Å². The summed E-state index contributed by atoms with van der Waals surface area (Å²) in [6, 6.07) is 10.3. The van der Waals surface area contributed by atoms with E-state index in [1.165, 1.54) is 7.11 Å². The molecule has 0 aliphatic carbocycles. The summed E-state index contributed by atoms with van der Waals surface area (Å²) in [4.78, 5) is 27.6. The lowest BCUT2D eigenvalue weighted by Crippen LogP contribution is -2.21. The summed E-state index contributed by atoms with van der Waals surface area (Å²) in [5, 5.41) is 5.39. The SMILES string of the molecule is COC(=O)Cc1ccccc1NC(=O)Nc1ncccc1C. The lowest BCUT2D eigenvalue weighted by molar-refractivity contribution is -0.139. The fourth-order valence-electron chi connectivity index (χ4n) is 1.90. The molecule has 0 unspecified atom stereocenters. The van der Waals surface area contributed by atoms with Gasteiger partial charge in [0.15, 0.2) is 0 Å². The van der Waals surface area contributed by atoms with E-state index in [1.807, 2.05) is 13.0 Å². The number of rotatable bonds is 4. The number of amides is 2. The van der Waals surface area contributed by atoms with E-state index in [1.54, 1.807) is 36.5 Å². The molecule has 0 bridgehead atoms. The van der Waals surface area contributed by atoms with Gasteiger partial charge in [0, 0.05) is 11.9 Å². The topological polar surface area (TPSA) is 80.3 Å². The Hall–Kier alpha value is -2.89. The third-order valence-corrected chi connectivity index (χ3v) is 3.07. The highest BCUT2D eigenvalue weighted by atomic mass is 16.5. The number of esters is 1. The number of anilines is 2. The van der Waals surface area contributed by atoms with Crippen LogP contribution in [0, 0.1) is 6.92 Å². The number of carbonyl (C=O) groups excluding carboxylic acids is 2. The standard InChI is InChI=1S/C16H17N3O3/c1-11-6-5-9-17-15(11)19-16(21)18-13-8-4-3-7-12(13)10-14(20)22-2/h3-9H,10H2,1-2H3,(H2,17,18,19,21). The average molecular weight is 299 g/mol. The van der Waals surface area contributed by atoms with Crippen LogP contribution in [0.15, 0.2) is 42.6 Å². The second-order valence-corrected chi connectivity index (χ2v) is 4.66. The third kappa shape index (κ3) is 4.05. The summed E-state index contributed by atoms with van der Waals surface area (Å²) in [7, 11) is 1.33. The summed E-state index contributed by atoms with van der Waals surface area (Å²) in [5.41, 5.74) is 2.10. The van der Waals surface area contributed by atoms with Gasteiger partial charge in [0.2, 0.25) is 0 Å². The largest absolute Gasteiger partial charge is 0.469 e. The van der Waals surface area contributed by atoms with Crippen molar-refractivity contribution in [2.75, 3.05) is 17.7 Å². The number of pyridine rings is 1. The molecule has 0 fully saturated rings. The van der Waals surface area contributed by atoms with Crippen LogP contribution in [0.4, 0.5) is 16.3 Å². The Morgan fingerprint density at radius 2 is 1.91 bits per heavy atom. The summed E-state index contributed by atoms with van der Waals surface area (Å²) in [6.45, 7) is 1.85. The van der Waals surface area contributed by atoms with E-state index in [4.69, 9.17) is 0 Å². The van der Waals surface area contributed by atoms with Gasteiger partial charge in [0.1, 0.15) is 5.82 Å². The maximum Gasteiger partial charge on any atom is 0.324 e. The number of hydrogen-bond acceptors (Lipinski definition) is 4. The van der Waals surface area contributed by atoms with E-state index in [-0.39, 0.29) is 12.4 Å². The van der Waals surface area contributed by atoms with Gasteiger partial charge >= 0.3 is 12.0 Å². The summed E-state index contributed by atoms with van der Waals surface area (Å²) < 4.78 is 4.65. The first-order valence-corrected chi connectivity index (χ1v) is 6.74. The molecule has 0 radical (unpaired) electrons. The van der Waals surface area contributed by atoms with Crippen molar-refractivity contribution in [1.82, 2.24) is 4.98 Å². The highest BCUT2D eigenvalue weighted by Gasteiger charge is 2.11. The molecule has 0 aliphatic heterocycles. The van der Waals surface area contributed by atoms with Gasteiger partial charge in [-0.25, -0.2) is 9.78 Å². The zero-order valence-corrected chi connectivity index (χ0v) is 12.4. The molecule has 2 rings (SSSR count). The highest BCUT2D eigenvalue weighted by molar-refractivity contribution is 6.00. The number of nitrogens with zero attached hydrogens (tertiary/aromatic N) is 1. The van der Waals surface area contributed by atoms with Gasteiger partial charge in [-0.2, -0.15) is 0 Å². The number of ether oxygens (including phenoxy) is 1. The normalized spacial score (nSPS) is 9.91. The van der Waals surface area contributed by atoms with Crippen molar-refractivity contribution in [3.8, 4) is 0 Å². The van der Waals surface area contributed by atoms with Crippen molar-refractivity contribution in [3.05, 3.63) is 53.7 Å². The number of carbonyl (C=O) groups is 2. The maximum atomic E-state index is 12.1. The molecule has 0 aliphatic rings. The van der Waals surface area contributed by atoms with Gasteiger partial charge < -0.3 is 10.1 Å². The second-order valence-electron chi connectivity index (χ2n) is 4.66. The summed E-state index contributed by atoms with van der Waals surface area (Å²) in [5.74, 6) is 0.126. The maximum absolute atomic E-state index is 12.1. The quantitative estimate of drug-likeness (QED) is 0.851. The molecule has 6 heteroatoms. The highest BCUT2D eigenvalue weighted by Crippen LogP contribution is 2.17. The molecule has 0 atom stereocenters. The number of para-hydroxylation sites is 1. The Labute approximate surface area is 128 Å². The Morgan fingerprint density at radius 1 is 1.14 bits per heavy atom. The van der Waals surface area contributed by atoms with Crippen molar-refractivity contribution < 1.29 is 14.3 Å². The van der Waals surface area contributed by atoms with Crippen molar-refractivity contribution in [3.63, 3.8) is 0 Å². The van der Waals surface area contributed by atoms with Crippen LogP contribution in [0.2, 0.25) is 0 Å². The molecule has 0 saturated heterocycles. The summed E-state index contributed by atoms with van der Waals surface area (Å²) in [6.07, 6.45) is 1.70. The van der Waals surface area contributed by atoms with E-state index in [2.05, 4.69) is 20.4 Å². The summed E-state index contributed by atoms with van der Waals surface area (Å²) >= 11 is 0. The predicted octanol–water partition coefficient (Wildman–Crippen LogP) is 2.75. The molecular weight excluding hydrogens is 282 g/mol. The number of benzene rings is 1. The van der Waals surface area contributed by atoms with E-state index in [0.717, 1.165) is 5.56 Å². The number of methoxy groups -OCH3 is 1. The lowest BCUT2D eigenvalue weighted by atomic mass is 10.1. The molecule has 2 amide bonds. The number of nitrogens with one attached hydrogen (secondary N) is 2. The Kier molecular flexibility index (Phi) is 5.08. The van der Waals surface area contributed by atoms with Crippen molar-refractivity contribution >= 4 is 23.5 Å². The third-order valence-electron chi connectivity index (χ3n) is 3.07. The monoisotopic (exact) mass is 299 g/mol. The van der Waals surface area contributed by atoms with Crippen LogP contribution in [0.1, 0.15) is 11.1 Å². The van der Waals surface area contributed by atoms with Gasteiger partial charge in [-0.3, -0.25) is 10.1 Å². The van der Waals surface area contributed by atoms with Crippen LogP contribution in [-0.4, -0.2) is 24.1 Å². The van der Waals surface area contributed by atoms with Gasteiger partial charge in [0.05, 0.1) is 13.5 Å². The Morgan fingerprint density at radius 3 is 2.64 bits per heavy atom. The van der Waals surface area contributed by atoms with Gasteiger partial charge in [-0.05, 0) is 30.2 Å². The van der Waals surface area contributed by atoms with Crippen LogP contribution in [0.3, 0.4) is 0 Å². The Bertz CT molecular complexity index is 686. The minimum absolute atomic E-state index is 0.0928. The first-order chi connectivity index (χ1) is 10.6. The molecule has 1 heterocycles. The van der Waals surface area contributed by atoms with Crippen molar-refractivity contribution in [2.45, 2.75) is 13.3 Å². The number of aromatic nitrogens is 1. The fraction of sp³-hybridized carbons (Fsp3) is 0.188. The van der Waals surface area contributed by atoms with Crippen LogP contribution >= 0.6 is 0 Å². The second kappa shape index (κ2) is 7.21. The molecule has 114 valence electrons. The number of aryl methyl sites for hydroxylation is 1. The molecular formula is C16H17N3O3. The van der Waals surface area contributed by atoms with E-state index >= 15 is 0 Å². The molecule has 1 aromatic carbocycles. The molecule has 1 aromatic heterocycles. The van der Waals surface area contributed by atoms with E-state index in [9.17, 15) is 9.59 Å². The van der Waals surface area contributed by atoms with Crippen LogP contribution in [0.5, 0.6) is 0 Å². The predicted molar refractivity (Wildman–Crippen MR) is 83.8 cm³/mol. The van der Waals surface area contributed by atoms with E-state index in [0.29, 0.717) is 17.1 Å². The first-order valence-electron chi connectivity index (χ1n) is 6.74. The molecule has 2 aromatic rings. The fourth-order valence-corrected chi connectivity index (χ4v) is 1.90. The zero-order chi connectivity index (χ0) is 15.9. The van der Waals surface area contributed by atoms with E-state index < -0.39 is 6.03 Å². The molecule has 2 N–H and O–H groups in total. The van der Waals surface area contributed by atoms with Crippen LogP contribution in [-0.2, 0) is 16.0 Å². The zero-order valence-electron chi connectivity index (χ0n) is 12.4. The molecule has 0 spiro atoms. The molecule has 0 saturated carbocycles. The van der Waals surface area contributed by atoms with Crippen LogP contribution in [0.25, 0.3) is 0 Å². The van der Waals surface area contributed by atoms with Gasteiger partial charge in [-0.15, -0.1) is 0 Å². The van der Waals surface area contributed by atoms with Gasteiger partial charge in [-0.1, -0.05) is 24.3 Å². The minimum atomic E-state index is -0.417. The first kappa shape index (κ1) is 15.5.